The Bertz CT molecular complexity index is 1020. The summed E-state index contributed by atoms with van der Waals surface area (Å²) in [6.45, 7) is 1.12. The van der Waals surface area contributed by atoms with E-state index < -0.39 is 0 Å². The van der Waals surface area contributed by atoms with E-state index in [1.165, 1.54) is 6.07 Å². The number of nitro benzene ring substituents is 1. The highest BCUT2D eigenvalue weighted by Crippen LogP contribution is 2.22. The van der Waals surface area contributed by atoms with Gasteiger partial charge in [0.15, 0.2) is 0 Å². The maximum atomic E-state index is 12.2. The van der Waals surface area contributed by atoms with E-state index in [2.05, 4.69) is 25.7 Å². The van der Waals surface area contributed by atoms with Gasteiger partial charge in [0.05, 0.1) is 38.2 Å². The number of non-ortho nitro benzene ring substituents is 1. The van der Waals surface area contributed by atoms with Gasteiger partial charge < -0.3 is 33.3 Å². The van der Waals surface area contributed by atoms with Crippen molar-refractivity contribution in [2.24, 2.45) is 0 Å². The number of benzene rings is 2. The molecular weight excluding hydrogens is 497 g/mol. The molecule has 0 aliphatic rings. The summed E-state index contributed by atoms with van der Waals surface area (Å²) in [5.41, 5.74) is 2.73. The summed E-state index contributed by atoms with van der Waals surface area (Å²) < 4.78 is 8.13. The van der Waals surface area contributed by atoms with Crippen LogP contribution in [0, 0.1) is 10.1 Å². The molecule has 1 heterocycles. The van der Waals surface area contributed by atoms with Gasteiger partial charge in [0, 0.05) is 35.8 Å². The van der Waals surface area contributed by atoms with Crippen LogP contribution in [0.5, 0.6) is 0 Å². The van der Waals surface area contributed by atoms with Crippen LogP contribution in [0.25, 0.3) is 10.9 Å². The Kier molecular flexibility index (Phi) is 7.96. The molecular formula is C22H26IN3O4. The lowest BCUT2D eigenvalue weighted by molar-refractivity contribution is -0.384. The van der Waals surface area contributed by atoms with E-state index in [9.17, 15) is 14.9 Å². The number of halogens is 1. The van der Waals surface area contributed by atoms with Gasteiger partial charge in [-0.1, -0.05) is 0 Å². The molecule has 0 aliphatic carbocycles. The number of nitro groups is 1. The van der Waals surface area contributed by atoms with Crippen molar-refractivity contribution in [1.29, 1.82) is 0 Å². The standard InChI is InChI=1S/C22H26N3O4.HI/c1-25(2,3)20-9-6-17(7-10-20)22(26)29-15-5-4-13-23-14-12-18-16-19(24(27)28)8-11-21(18)23;/h6-12,14,16H,4-5,13,15H2,1-3H3;1H/q+1;/p-1. The second-order valence-electron chi connectivity index (χ2n) is 7.91. The van der Waals surface area contributed by atoms with E-state index in [1.807, 2.05) is 24.4 Å². The fraction of sp³-hybridized carbons (Fsp3) is 0.318. The smallest absolute Gasteiger partial charge is 0.338 e. The van der Waals surface area contributed by atoms with Crippen LogP contribution in [-0.2, 0) is 11.3 Å². The molecule has 3 aromatic rings. The maximum absolute atomic E-state index is 12.2. The molecule has 7 nitrogen and oxygen atoms in total. The van der Waals surface area contributed by atoms with Crippen LogP contribution in [0.1, 0.15) is 23.2 Å². The number of carbonyl (C=O) groups is 1. The summed E-state index contributed by atoms with van der Waals surface area (Å²) in [4.78, 5) is 22.7. The molecule has 0 aliphatic heterocycles. The molecule has 3 rings (SSSR count). The predicted octanol–water partition coefficient (Wildman–Crippen LogP) is 1.39. The van der Waals surface area contributed by atoms with Gasteiger partial charge >= 0.3 is 5.97 Å². The predicted molar refractivity (Wildman–Crippen MR) is 114 cm³/mol. The van der Waals surface area contributed by atoms with E-state index in [1.54, 1.807) is 24.3 Å². The third-order valence-corrected chi connectivity index (χ3v) is 4.87. The zero-order chi connectivity index (χ0) is 21.0. The third kappa shape index (κ3) is 5.79. The zero-order valence-electron chi connectivity index (χ0n) is 17.4. The lowest BCUT2D eigenvalue weighted by Gasteiger charge is -2.23. The Labute approximate surface area is 193 Å². The normalized spacial score (nSPS) is 11.2. The minimum Gasteiger partial charge on any atom is -1.00 e. The van der Waals surface area contributed by atoms with Gasteiger partial charge in [-0.15, -0.1) is 0 Å². The number of aryl methyl sites for hydroxylation is 1. The Balaban J connectivity index is 0.00000320. The highest BCUT2D eigenvalue weighted by atomic mass is 127. The fourth-order valence-electron chi connectivity index (χ4n) is 3.17. The van der Waals surface area contributed by atoms with Gasteiger partial charge in [0.1, 0.15) is 5.69 Å². The van der Waals surface area contributed by atoms with E-state index in [0.717, 1.165) is 36.0 Å². The summed E-state index contributed by atoms with van der Waals surface area (Å²) in [5, 5.41) is 11.7. The van der Waals surface area contributed by atoms with Crippen molar-refractivity contribution in [3.8, 4) is 0 Å². The van der Waals surface area contributed by atoms with Crippen LogP contribution in [0.2, 0.25) is 0 Å². The number of ether oxygens (including phenoxy) is 1. The molecule has 0 spiro atoms. The molecule has 0 unspecified atom stereocenters. The number of fused-ring (bicyclic) bond motifs is 1. The van der Waals surface area contributed by atoms with Crippen molar-refractivity contribution in [2.45, 2.75) is 19.4 Å². The van der Waals surface area contributed by atoms with Gasteiger partial charge in [-0.25, -0.2) is 4.79 Å². The number of unbranched alkanes of at least 4 members (excludes halogenated alkanes) is 1. The largest absolute Gasteiger partial charge is 1.00 e. The van der Waals surface area contributed by atoms with Crippen molar-refractivity contribution in [3.63, 3.8) is 0 Å². The lowest BCUT2D eigenvalue weighted by Crippen LogP contribution is -3.00. The van der Waals surface area contributed by atoms with E-state index in [-0.39, 0.29) is 40.6 Å². The summed E-state index contributed by atoms with van der Waals surface area (Å²) in [7, 11) is 6.22. The van der Waals surface area contributed by atoms with E-state index in [4.69, 9.17) is 4.74 Å². The number of rotatable bonds is 8. The number of esters is 1. The van der Waals surface area contributed by atoms with Gasteiger partial charge in [0.25, 0.3) is 5.69 Å². The van der Waals surface area contributed by atoms with Crippen molar-refractivity contribution in [3.05, 3.63) is 70.4 Å². The van der Waals surface area contributed by atoms with Crippen LogP contribution in [0.15, 0.2) is 54.7 Å². The summed E-state index contributed by atoms with van der Waals surface area (Å²) in [6.07, 6.45) is 3.51. The maximum Gasteiger partial charge on any atom is 0.338 e. The molecule has 30 heavy (non-hydrogen) atoms. The first kappa shape index (κ1) is 23.8. The van der Waals surface area contributed by atoms with Crippen molar-refractivity contribution in [1.82, 2.24) is 9.05 Å². The van der Waals surface area contributed by atoms with Crippen LogP contribution in [0.3, 0.4) is 0 Å². The zero-order valence-corrected chi connectivity index (χ0v) is 19.5. The molecule has 0 N–H and O–H groups in total. The monoisotopic (exact) mass is 523 g/mol. The topological polar surface area (TPSA) is 74.4 Å². The number of aromatic nitrogens is 1. The molecule has 0 saturated heterocycles. The van der Waals surface area contributed by atoms with Gasteiger partial charge in [-0.3, -0.25) is 14.6 Å². The second-order valence-corrected chi connectivity index (χ2v) is 7.91. The molecule has 160 valence electrons. The molecule has 0 fully saturated rings. The van der Waals surface area contributed by atoms with Crippen molar-refractivity contribution < 1.29 is 38.4 Å². The minimum absolute atomic E-state index is 0. The Hall–Kier alpha value is -2.46. The summed E-state index contributed by atoms with van der Waals surface area (Å²) >= 11 is 0. The number of quaternary nitrogens is 1. The Morgan fingerprint density at radius 1 is 1.07 bits per heavy atom. The van der Waals surface area contributed by atoms with Crippen LogP contribution in [0.4, 0.5) is 11.4 Å². The number of nitrogens with zero attached hydrogens (tertiary/aromatic N) is 3. The van der Waals surface area contributed by atoms with E-state index in [0.29, 0.717) is 16.7 Å². The molecule has 0 saturated carbocycles. The minimum atomic E-state index is -0.388. The molecule has 0 bridgehead atoms. The fourth-order valence-corrected chi connectivity index (χ4v) is 3.17. The van der Waals surface area contributed by atoms with Gasteiger partial charge in [0.2, 0.25) is 0 Å². The van der Waals surface area contributed by atoms with Crippen molar-refractivity contribution >= 4 is 28.2 Å². The highest BCUT2D eigenvalue weighted by molar-refractivity contribution is 5.89. The first-order chi connectivity index (χ1) is 13.8. The van der Waals surface area contributed by atoms with E-state index >= 15 is 0 Å². The Morgan fingerprint density at radius 3 is 2.40 bits per heavy atom. The molecule has 8 heteroatoms. The summed E-state index contributed by atoms with van der Waals surface area (Å²) in [5.74, 6) is -0.309. The SMILES string of the molecule is C[N+](C)(C)c1ccc(C(=O)OCCCCn2ccc3cc([N+](=O)[O-])ccc32)cc1.[I-]. The average molecular weight is 523 g/mol. The lowest BCUT2D eigenvalue weighted by atomic mass is 10.2. The van der Waals surface area contributed by atoms with Crippen LogP contribution < -0.4 is 28.5 Å². The average Bonchev–Trinajstić information content (AvgIpc) is 3.09. The molecule has 1 aromatic heterocycles. The van der Waals surface area contributed by atoms with Gasteiger partial charge in [-0.05, 0) is 49.2 Å². The molecule has 2 aromatic carbocycles. The van der Waals surface area contributed by atoms with Crippen molar-refractivity contribution in [2.75, 3.05) is 27.7 Å². The highest BCUT2D eigenvalue weighted by Gasteiger charge is 2.14. The second kappa shape index (κ2) is 10.0. The number of hydrogen-bond acceptors (Lipinski definition) is 4. The number of hydrogen-bond donors (Lipinski definition) is 0. The quantitative estimate of drug-likeness (QED) is 0.112. The molecule has 0 radical (unpaired) electrons. The first-order valence-corrected chi connectivity index (χ1v) is 9.58. The van der Waals surface area contributed by atoms with Crippen LogP contribution in [-0.4, -0.2) is 43.2 Å². The third-order valence-electron chi connectivity index (χ3n) is 4.87. The Morgan fingerprint density at radius 2 is 1.77 bits per heavy atom. The molecule has 0 atom stereocenters. The van der Waals surface area contributed by atoms with Gasteiger partial charge in [-0.2, -0.15) is 0 Å². The first-order valence-electron chi connectivity index (χ1n) is 9.58. The summed E-state index contributed by atoms with van der Waals surface area (Å²) in [6, 6.07) is 14.2. The van der Waals surface area contributed by atoms with Crippen LogP contribution >= 0.6 is 0 Å². The molecule has 0 amide bonds. The number of carbonyl (C=O) groups excluding carboxylic acids is 1.